The summed E-state index contributed by atoms with van der Waals surface area (Å²) in [6.07, 6.45) is 4.62. The molecule has 0 aliphatic rings. The molecular formula is C27H23FN3O4S-. The van der Waals surface area contributed by atoms with E-state index in [4.69, 9.17) is 4.74 Å². The number of benzene rings is 2. The zero-order valence-corrected chi connectivity index (χ0v) is 20.5. The molecule has 0 aliphatic carbocycles. The van der Waals surface area contributed by atoms with Gasteiger partial charge in [-0.2, -0.15) is 10.6 Å². The summed E-state index contributed by atoms with van der Waals surface area (Å²) >= 11 is 0. The molecule has 184 valence electrons. The number of amides is 1. The van der Waals surface area contributed by atoms with Gasteiger partial charge in [0.05, 0.1) is 17.0 Å². The lowest BCUT2D eigenvalue weighted by Gasteiger charge is -2.08. The van der Waals surface area contributed by atoms with Gasteiger partial charge in [-0.15, -0.1) is 6.26 Å². The standard InChI is InChI=1S/C27H23FN3O4S/c1-17-3-8-24(28)19(11-17)13-21(32)12-18-4-6-22(7-5-18)35-23-9-10-29-26(15-23)25-14-20(16-30-25)27(33)31-36(2)34/h3-11,14-16,30H,12-13H2,1-2H3/q-1. The van der Waals surface area contributed by atoms with Gasteiger partial charge in [-0.1, -0.05) is 29.8 Å². The molecule has 0 saturated carbocycles. The lowest BCUT2D eigenvalue weighted by molar-refractivity contribution is -0.117. The number of H-pyrrole nitrogens is 1. The summed E-state index contributed by atoms with van der Waals surface area (Å²) in [5, 5.41) is 0. The third kappa shape index (κ3) is 6.51. The second-order valence-electron chi connectivity index (χ2n) is 8.23. The summed E-state index contributed by atoms with van der Waals surface area (Å²) in [5.74, 6) is 0.0752. The maximum atomic E-state index is 13.9. The number of nitrogens with one attached hydrogen (secondary N) is 1. The summed E-state index contributed by atoms with van der Waals surface area (Å²) in [6, 6.07) is 16.9. The van der Waals surface area contributed by atoms with E-state index < -0.39 is 16.5 Å². The maximum Gasteiger partial charge on any atom is 0.255 e. The Labute approximate surface area is 209 Å². The van der Waals surface area contributed by atoms with Crippen molar-refractivity contribution in [2.24, 2.45) is 4.36 Å². The Morgan fingerprint density at radius 3 is 2.56 bits per heavy atom. The normalized spacial score (nSPS) is 11.9. The third-order valence-corrected chi connectivity index (χ3v) is 5.72. The van der Waals surface area contributed by atoms with E-state index in [0.717, 1.165) is 11.1 Å². The highest BCUT2D eigenvalue weighted by Gasteiger charge is 2.11. The Balaban J connectivity index is 1.40. The topological polar surface area (TPSA) is 101 Å². The zero-order valence-electron chi connectivity index (χ0n) is 19.7. The van der Waals surface area contributed by atoms with Crippen LogP contribution in [0.15, 0.2) is 77.4 Å². The van der Waals surface area contributed by atoms with Crippen molar-refractivity contribution in [2.75, 3.05) is 6.26 Å². The number of hydrogen-bond donors (Lipinski definition) is 1. The summed E-state index contributed by atoms with van der Waals surface area (Å²) in [5.41, 5.74) is 3.53. The van der Waals surface area contributed by atoms with Crippen molar-refractivity contribution in [3.63, 3.8) is 0 Å². The van der Waals surface area contributed by atoms with Crippen molar-refractivity contribution >= 4 is 22.3 Å². The molecule has 0 spiro atoms. The number of carbonyl (C=O) groups is 2. The Bertz CT molecular complexity index is 1510. The number of ketones is 1. The largest absolute Gasteiger partial charge is 0.457 e. The van der Waals surface area contributed by atoms with Gasteiger partial charge in [0, 0.05) is 31.3 Å². The Morgan fingerprint density at radius 1 is 1.03 bits per heavy atom. The van der Waals surface area contributed by atoms with Gasteiger partial charge in [0.2, 0.25) is 0 Å². The van der Waals surface area contributed by atoms with E-state index in [9.17, 15) is 18.2 Å². The number of hydrogen-bond acceptors (Lipinski definition) is 6. The van der Waals surface area contributed by atoms with Crippen molar-refractivity contribution in [1.29, 1.82) is 0 Å². The minimum Gasteiger partial charge on any atom is -0.457 e. The van der Waals surface area contributed by atoms with Gasteiger partial charge in [0.1, 0.15) is 23.1 Å². The molecule has 7 nitrogen and oxygen atoms in total. The number of halogens is 1. The van der Waals surface area contributed by atoms with Crippen LogP contribution in [0.4, 0.5) is 4.39 Å². The van der Waals surface area contributed by atoms with E-state index in [1.807, 2.05) is 6.92 Å². The molecule has 0 fully saturated rings. The van der Waals surface area contributed by atoms with Gasteiger partial charge < -0.3 is 18.3 Å². The number of pyridine rings is 1. The average molecular weight is 505 g/mol. The Kier molecular flexibility index (Phi) is 7.70. The van der Waals surface area contributed by atoms with Crippen molar-refractivity contribution in [2.45, 2.75) is 19.8 Å². The van der Waals surface area contributed by atoms with Crippen molar-refractivity contribution in [3.8, 4) is 22.9 Å². The molecule has 1 N–H and O–H groups in total. The molecule has 4 aromatic rings. The van der Waals surface area contributed by atoms with Crippen molar-refractivity contribution < 1.29 is 22.9 Å². The van der Waals surface area contributed by atoms with Gasteiger partial charge in [0.25, 0.3) is 5.91 Å². The summed E-state index contributed by atoms with van der Waals surface area (Å²) < 4.78 is 34.5. The molecule has 9 heteroatoms. The maximum absolute atomic E-state index is 13.9. The highest BCUT2D eigenvalue weighted by molar-refractivity contribution is 7.74. The number of rotatable bonds is 8. The number of aromatic amines is 1. The van der Waals surface area contributed by atoms with Crippen LogP contribution in [-0.4, -0.2) is 27.9 Å². The fourth-order valence-electron chi connectivity index (χ4n) is 3.61. The fourth-order valence-corrected chi connectivity index (χ4v) is 3.95. The molecule has 1 amide bonds. The first-order valence-corrected chi connectivity index (χ1v) is 12.6. The number of aromatic nitrogens is 2. The van der Waals surface area contributed by atoms with Crippen molar-refractivity contribution in [3.05, 3.63) is 101 Å². The second kappa shape index (κ2) is 11.1. The SMILES string of the molecule is Cc1ccc(F)c(CC(=O)Cc2ccc(Oc3ccnc(-c4cc(C(=O)N=[S-](C)=O)c[nH]4)c3)cc2)c1. The summed E-state index contributed by atoms with van der Waals surface area (Å²) in [4.78, 5) is 31.7. The van der Waals surface area contributed by atoms with E-state index in [-0.39, 0.29) is 30.0 Å². The molecule has 0 saturated heterocycles. The average Bonchev–Trinajstić information content (AvgIpc) is 3.33. The van der Waals surface area contributed by atoms with E-state index in [1.165, 1.54) is 18.5 Å². The van der Waals surface area contributed by atoms with Gasteiger partial charge in [-0.3, -0.25) is 14.6 Å². The van der Waals surface area contributed by atoms with Crippen LogP contribution in [0, 0.1) is 12.7 Å². The summed E-state index contributed by atoms with van der Waals surface area (Å²) in [6.45, 7) is 1.86. The van der Waals surface area contributed by atoms with Gasteiger partial charge in [0.15, 0.2) is 0 Å². The summed E-state index contributed by atoms with van der Waals surface area (Å²) in [7, 11) is -1.58. The Hall–Kier alpha value is -4.11. The first-order valence-electron chi connectivity index (χ1n) is 11.0. The second-order valence-corrected chi connectivity index (χ2v) is 9.26. The highest BCUT2D eigenvalue weighted by atomic mass is 32.2. The molecule has 0 atom stereocenters. The smallest absolute Gasteiger partial charge is 0.255 e. The molecule has 2 heterocycles. The molecule has 36 heavy (non-hydrogen) atoms. The van der Waals surface area contributed by atoms with Gasteiger partial charge >= 0.3 is 0 Å². The lowest BCUT2D eigenvalue weighted by atomic mass is 10.0. The van der Waals surface area contributed by atoms with Crippen LogP contribution in [0.1, 0.15) is 27.0 Å². The molecule has 2 aromatic heterocycles. The first-order chi connectivity index (χ1) is 17.3. The van der Waals surface area contributed by atoms with Crippen LogP contribution in [0.5, 0.6) is 11.5 Å². The van der Waals surface area contributed by atoms with Gasteiger partial charge in [-0.25, -0.2) is 4.39 Å². The number of aryl methyl sites for hydroxylation is 1. The minimum atomic E-state index is -1.58. The van der Waals surface area contributed by atoms with Crippen LogP contribution >= 0.6 is 0 Å². The van der Waals surface area contributed by atoms with E-state index in [1.54, 1.807) is 60.8 Å². The van der Waals surface area contributed by atoms with Crippen molar-refractivity contribution in [1.82, 2.24) is 9.97 Å². The minimum absolute atomic E-state index is 0.0437. The number of ether oxygens (including phenoxy) is 1. The fraction of sp³-hybridized carbons (Fsp3) is 0.148. The predicted molar refractivity (Wildman–Crippen MR) is 135 cm³/mol. The lowest BCUT2D eigenvalue weighted by Crippen LogP contribution is -2.08. The third-order valence-electron chi connectivity index (χ3n) is 5.30. The van der Waals surface area contributed by atoms with Crippen LogP contribution in [0.2, 0.25) is 0 Å². The molecular weight excluding hydrogens is 481 g/mol. The van der Waals surface area contributed by atoms with E-state index in [2.05, 4.69) is 14.3 Å². The first kappa shape index (κ1) is 25.0. The Morgan fingerprint density at radius 2 is 1.81 bits per heavy atom. The molecule has 0 bridgehead atoms. The molecule has 2 aromatic carbocycles. The van der Waals surface area contributed by atoms with Crippen LogP contribution in [0.25, 0.3) is 11.4 Å². The monoisotopic (exact) mass is 504 g/mol. The van der Waals surface area contributed by atoms with E-state index >= 15 is 0 Å². The molecule has 0 aliphatic heterocycles. The number of carbonyl (C=O) groups excluding carboxylic acids is 2. The number of nitrogens with zero attached hydrogens (tertiary/aromatic N) is 2. The predicted octanol–water partition coefficient (Wildman–Crippen LogP) is 5.59. The number of Topliss-reactive ketones (excluding diaryl/α,β-unsaturated/α-hetero) is 1. The molecule has 4 rings (SSSR count). The quantitative estimate of drug-likeness (QED) is 0.315. The molecule has 0 unspecified atom stereocenters. The van der Waals surface area contributed by atoms with Crippen LogP contribution in [0.3, 0.4) is 0 Å². The highest BCUT2D eigenvalue weighted by Crippen LogP contribution is 2.26. The zero-order chi connectivity index (χ0) is 25.7. The van der Waals surface area contributed by atoms with Crippen LogP contribution < -0.4 is 4.74 Å². The van der Waals surface area contributed by atoms with E-state index in [0.29, 0.717) is 28.5 Å². The molecule has 0 radical (unpaired) electrons. The van der Waals surface area contributed by atoms with Gasteiger partial charge in [-0.05, 0) is 48.4 Å². The van der Waals surface area contributed by atoms with Crippen LogP contribution in [-0.2, 0) is 32.4 Å².